The Kier molecular flexibility index (Phi) is 8.57. The summed E-state index contributed by atoms with van der Waals surface area (Å²) < 4.78 is 0. The van der Waals surface area contributed by atoms with Crippen molar-refractivity contribution in [3.8, 4) is 0 Å². The monoisotopic (exact) mass is 202 g/mol. The SMILES string of the molecule is CCCN(CCO)CCC(=O)NCC. The first-order chi connectivity index (χ1) is 6.74. The number of hydrogen-bond donors (Lipinski definition) is 2. The van der Waals surface area contributed by atoms with Crippen molar-refractivity contribution in [3.63, 3.8) is 0 Å². The third-order valence-electron chi connectivity index (χ3n) is 1.99. The van der Waals surface area contributed by atoms with Crippen molar-refractivity contribution in [2.24, 2.45) is 0 Å². The van der Waals surface area contributed by atoms with Gasteiger partial charge < -0.3 is 15.3 Å². The third kappa shape index (κ3) is 6.86. The lowest BCUT2D eigenvalue weighted by atomic mass is 10.3. The summed E-state index contributed by atoms with van der Waals surface area (Å²) in [6.07, 6.45) is 1.57. The number of aliphatic hydroxyl groups is 1. The summed E-state index contributed by atoms with van der Waals surface area (Å²) in [5, 5.41) is 11.5. The Balaban J connectivity index is 3.63. The molecular weight excluding hydrogens is 180 g/mol. The molecule has 4 nitrogen and oxygen atoms in total. The molecule has 0 bridgehead atoms. The smallest absolute Gasteiger partial charge is 0.221 e. The zero-order valence-corrected chi connectivity index (χ0v) is 9.25. The van der Waals surface area contributed by atoms with Crippen LogP contribution >= 0.6 is 0 Å². The zero-order chi connectivity index (χ0) is 10.8. The average molecular weight is 202 g/mol. The van der Waals surface area contributed by atoms with Crippen molar-refractivity contribution in [1.82, 2.24) is 10.2 Å². The van der Waals surface area contributed by atoms with Gasteiger partial charge in [0.05, 0.1) is 6.61 Å². The highest BCUT2D eigenvalue weighted by atomic mass is 16.3. The number of carbonyl (C=O) groups excluding carboxylic acids is 1. The first-order valence-corrected chi connectivity index (χ1v) is 5.34. The van der Waals surface area contributed by atoms with Gasteiger partial charge >= 0.3 is 0 Å². The molecule has 0 radical (unpaired) electrons. The van der Waals surface area contributed by atoms with Crippen LogP contribution in [0.15, 0.2) is 0 Å². The fourth-order valence-electron chi connectivity index (χ4n) is 1.34. The molecule has 0 spiro atoms. The first-order valence-electron chi connectivity index (χ1n) is 5.34. The summed E-state index contributed by atoms with van der Waals surface area (Å²) in [5.74, 6) is 0.0894. The molecule has 84 valence electrons. The molecular formula is C10H22N2O2. The van der Waals surface area contributed by atoms with Crippen LogP contribution in [-0.2, 0) is 4.79 Å². The minimum absolute atomic E-state index is 0.0894. The standard InChI is InChI=1S/C10H22N2O2/c1-3-6-12(8-9-13)7-5-10(14)11-4-2/h13H,3-9H2,1-2H3,(H,11,14). The van der Waals surface area contributed by atoms with Crippen molar-refractivity contribution < 1.29 is 9.90 Å². The molecule has 0 aromatic heterocycles. The molecule has 0 aliphatic heterocycles. The van der Waals surface area contributed by atoms with Crippen molar-refractivity contribution in [3.05, 3.63) is 0 Å². The van der Waals surface area contributed by atoms with Gasteiger partial charge in [0.2, 0.25) is 5.91 Å². The number of hydrogen-bond acceptors (Lipinski definition) is 3. The Morgan fingerprint density at radius 2 is 2.00 bits per heavy atom. The van der Waals surface area contributed by atoms with E-state index < -0.39 is 0 Å². The molecule has 1 amide bonds. The van der Waals surface area contributed by atoms with Gasteiger partial charge in [0.1, 0.15) is 0 Å². The predicted molar refractivity (Wildman–Crippen MR) is 57.1 cm³/mol. The minimum atomic E-state index is 0.0894. The van der Waals surface area contributed by atoms with E-state index in [-0.39, 0.29) is 12.5 Å². The Hall–Kier alpha value is -0.610. The lowest BCUT2D eigenvalue weighted by Crippen LogP contribution is -2.33. The molecule has 0 saturated heterocycles. The lowest BCUT2D eigenvalue weighted by Gasteiger charge is -2.19. The molecule has 14 heavy (non-hydrogen) atoms. The zero-order valence-electron chi connectivity index (χ0n) is 9.25. The fraction of sp³-hybridized carbons (Fsp3) is 0.900. The number of nitrogens with zero attached hydrogens (tertiary/aromatic N) is 1. The van der Waals surface area contributed by atoms with Crippen LogP contribution in [0.25, 0.3) is 0 Å². The Labute approximate surface area is 86.3 Å². The number of nitrogens with one attached hydrogen (secondary N) is 1. The molecule has 0 aliphatic rings. The van der Waals surface area contributed by atoms with Gasteiger partial charge in [0, 0.05) is 26.1 Å². The van der Waals surface area contributed by atoms with E-state index in [0.29, 0.717) is 19.5 Å². The molecule has 0 aliphatic carbocycles. The highest BCUT2D eigenvalue weighted by Gasteiger charge is 2.05. The fourth-order valence-corrected chi connectivity index (χ4v) is 1.34. The maximum Gasteiger partial charge on any atom is 0.221 e. The highest BCUT2D eigenvalue weighted by Crippen LogP contribution is 1.93. The van der Waals surface area contributed by atoms with Crippen LogP contribution in [0.1, 0.15) is 26.7 Å². The number of carbonyl (C=O) groups is 1. The van der Waals surface area contributed by atoms with Crippen LogP contribution in [-0.4, -0.2) is 48.7 Å². The van der Waals surface area contributed by atoms with Crippen molar-refractivity contribution in [2.75, 3.05) is 32.8 Å². The second kappa shape index (κ2) is 8.97. The summed E-state index contributed by atoms with van der Waals surface area (Å²) in [6, 6.07) is 0. The van der Waals surface area contributed by atoms with Gasteiger partial charge in [-0.25, -0.2) is 0 Å². The minimum Gasteiger partial charge on any atom is -0.395 e. The van der Waals surface area contributed by atoms with Gasteiger partial charge in [-0.3, -0.25) is 4.79 Å². The summed E-state index contributed by atoms with van der Waals surface area (Å²) in [6.45, 7) is 7.20. The van der Waals surface area contributed by atoms with Gasteiger partial charge in [-0.05, 0) is 19.9 Å². The van der Waals surface area contributed by atoms with Crippen LogP contribution in [0, 0.1) is 0 Å². The van der Waals surface area contributed by atoms with Crippen molar-refractivity contribution in [1.29, 1.82) is 0 Å². The quantitative estimate of drug-likeness (QED) is 0.592. The highest BCUT2D eigenvalue weighted by molar-refractivity contribution is 5.75. The average Bonchev–Trinajstić information content (AvgIpc) is 2.15. The van der Waals surface area contributed by atoms with E-state index in [2.05, 4.69) is 17.1 Å². The normalized spacial score (nSPS) is 10.6. The Morgan fingerprint density at radius 1 is 1.29 bits per heavy atom. The molecule has 0 aromatic rings. The second-order valence-corrected chi connectivity index (χ2v) is 3.27. The van der Waals surface area contributed by atoms with Crippen LogP contribution in [0.3, 0.4) is 0 Å². The van der Waals surface area contributed by atoms with Gasteiger partial charge in [0.15, 0.2) is 0 Å². The van der Waals surface area contributed by atoms with Crippen molar-refractivity contribution in [2.45, 2.75) is 26.7 Å². The molecule has 0 rings (SSSR count). The Morgan fingerprint density at radius 3 is 2.50 bits per heavy atom. The summed E-state index contributed by atoms with van der Waals surface area (Å²) in [4.78, 5) is 13.3. The third-order valence-corrected chi connectivity index (χ3v) is 1.99. The molecule has 0 fully saturated rings. The molecule has 0 aromatic carbocycles. The molecule has 0 heterocycles. The summed E-state index contributed by atoms with van der Waals surface area (Å²) in [7, 11) is 0. The van der Waals surface area contributed by atoms with Gasteiger partial charge in [0.25, 0.3) is 0 Å². The number of aliphatic hydroxyl groups excluding tert-OH is 1. The molecule has 2 N–H and O–H groups in total. The lowest BCUT2D eigenvalue weighted by molar-refractivity contribution is -0.121. The van der Waals surface area contributed by atoms with Crippen LogP contribution in [0.4, 0.5) is 0 Å². The largest absolute Gasteiger partial charge is 0.395 e. The molecule has 4 heteroatoms. The number of amides is 1. The first kappa shape index (κ1) is 13.4. The summed E-state index contributed by atoms with van der Waals surface area (Å²) in [5.41, 5.74) is 0. The number of rotatable bonds is 8. The van der Waals surface area contributed by atoms with Gasteiger partial charge in [-0.1, -0.05) is 6.92 Å². The second-order valence-electron chi connectivity index (χ2n) is 3.27. The van der Waals surface area contributed by atoms with E-state index in [4.69, 9.17) is 5.11 Å². The molecule has 0 unspecified atom stereocenters. The van der Waals surface area contributed by atoms with Crippen molar-refractivity contribution >= 4 is 5.91 Å². The van der Waals surface area contributed by atoms with Gasteiger partial charge in [-0.15, -0.1) is 0 Å². The maximum absolute atomic E-state index is 11.2. The van der Waals surface area contributed by atoms with E-state index in [1.54, 1.807) is 0 Å². The topological polar surface area (TPSA) is 52.6 Å². The maximum atomic E-state index is 11.2. The van der Waals surface area contributed by atoms with E-state index in [9.17, 15) is 4.79 Å². The van der Waals surface area contributed by atoms with Crippen LogP contribution < -0.4 is 5.32 Å². The molecule has 0 saturated carbocycles. The van der Waals surface area contributed by atoms with Crippen LogP contribution in [0.5, 0.6) is 0 Å². The van der Waals surface area contributed by atoms with E-state index in [1.165, 1.54) is 0 Å². The van der Waals surface area contributed by atoms with E-state index >= 15 is 0 Å². The van der Waals surface area contributed by atoms with E-state index in [0.717, 1.165) is 19.5 Å². The van der Waals surface area contributed by atoms with Gasteiger partial charge in [-0.2, -0.15) is 0 Å². The summed E-state index contributed by atoms with van der Waals surface area (Å²) >= 11 is 0. The Bertz CT molecular complexity index is 145. The van der Waals surface area contributed by atoms with Crippen LogP contribution in [0.2, 0.25) is 0 Å². The van der Waals surface area contributed by atoms with E-state index in [1.807, 2.05) is 6.92 Å². The predicted octanol–water partition coefficient (Wildman–Crippen LogP) is 0.217. The molecule has 0 atom stereocenters.